The summed E-state index contributed by atoms with van der Waals surface area (Å²) >= 11 is 0. The minimum Gasteiger partial charge on any atom is -0.366 e. The second-order valence-corrected chi connectivity index (χ2v) is 11.1. The molecule has 3 aromatic rings. The Balaban J connectivity index is 1.46. The number of fused-ring (bicyclic) bond motifs is 2. The van der Waals surface area contributed by atoms with Crippen LogP contribution in [0.2, 0.25) is 0 Å². The Hall–Kier alpha value is -2.88. The largest absolute Gasteiger partial charge is 0.366 e. The molecule has 1 aromatic carbocycles. The van der Waals surface area contributed by atoms with Gasteiger partial charge >= 0.3 is 7.60 Å². The first-order valence-electron chi connectivity index (χ1n) is 11.8. The van der Waals surface area contributed by atoms with E-state index in [1.54, 1.807) is 24.6 Å². The molecule has 0 bridgehead atoms. The van der Waals surface area contributed by atoms with Gasteiger partial charge in [0, 0.05) is 12.2 Å². The van der Waals surface area contributed by atoms with Crippen molar-refractivity contribution < 1.29 is 33.3 Å². The Morgan fingerprint density at radius 1 is 1.22 bits per heavy atom. The molecule has 3 N–H and O–H groups in total. The maximum atomic E-state index is 11.2. The molecule has 0 saturated carbocycles. The maximum Gasteiger partial charge on any atom is 0.350 e. The molecular weight excluding hydrogens is 501 g/mol. The fraction of sp³-hybridized carbons (Fsp3) is 0.458. The molecule has 0 unspecified atom stereocenters. The smallest absolute Gasteiger partial charge is 0.350 e. The van der Waals surface area contributed by atoms with E-state index in [9.17, 15) is 9.83 Å². The van der Waals surface area contributed by atoms with Gasteiger partial charge in [0.15, 0.2) is 12.0 Å². The minimum atomic E-state index is -4.33. The van der Waals surface area contributed by atoms with Crippen LogP contribution in [0.4, 0.5) is 5.82 Å². The average Bonchev–Trinajstić information content (AvgIpc) is 3.50. The molecule has 12 nitrogen and oxygen atoms in total. The predicted octanol–water partition coefficient (Wildman–Crippen LogP) is 3.05. The average molecular weight is 529 g/mol. The molecule has 5 atom stereocenters. The third-order valence-electron chi connectivity index (χ3n) is 6.27. The van der Waals surface area contributed by atoms with Gasteiger partial charge in [0.25, 0.3) is 0 Å². The summed E-state index contributed by atoms with van der Waals surface area (Å²) in [5, 5.41) is 13.7. The van der Waals surface area contributed by atoms with E-state index in [0.717, 1.165) is 5.56 Å². The number of rotatable bonds is 8. The molecule has 196 valence electrons. The summed E-state index contributed by atoms with van der Waals surface area (Å²) < 4.78 is 36.6. The van der Waals surface area contributed by atoms with Crippen molar-refractivity contribution in [1.29, 1.82) is 5.26 Å². The van der Waals surface area contributed by atoms with Crippen LogP contribution >= 0.6 is 7.60 Å². The van der Waals surface area contributed by atoms with Gasteiger partial charge in [-0.25, -0.2) is 9.97 Å². The Morgan fingerprint density at radius 2 is 1.95 bits per heavy atom. The van der Waals surface area contributed by atoms with Crippen LogP contribution in [0.1, 0.15) is 44.4 Å². The van der Waals surface area contributed by atoms with Crippen LogP contribution in [0.5, 0.6) is 0 Å². The van der Waals surface area contributed by atoms with E-state index in [2.05, 4.69) is 15.3 Å². The lowest BCUT2D eigenvalue weighted by molar-refractivity contribution is -0.201. The highest BCUT2D eigenvalue weighted by atomic mass is 31.2. The zero-order valence-corrected chi connectivity index (χ0v) is 21.4. The van der Waals surface area contributed by atoms with Gasteiger partial charge in [0.05, 0.1) is 12.0 Å². The zero-order valence-electron chi connectivity index (χ0n) is 20.5. The highest BCUT2D eigenvalue weighted by molar-refractivity contribution is 7.51. The van der Waals surface area contributed by atoms with E-state index in [0.29, 0.717) is 16.9 Å². The molecule has 2 fully saturated rings. The number of nitrogens with zero attached hydrogens (tertiary/aromatic N) is 4. The molecule has 37 heavy (non-hydrogen) atoms. The summed E-state index contributed by atoms with van der Waals surface area (Å²) in [6, 6.07) is 13.7. The number of hydrogen-bond acceptors (Lipinski definition) is 9. The molecule has 13 heteroatoms. The lowest BCUT2D eigenvalue weighted by atomic mass is 10.1. The van der Waals surface area contributed by atoms with E-state index < -0.39 is 44.3 Å². The first-order chi connectivity index (χ1) is 17.5. The summed E-state index contributed by atoms with van der Waals surface area (Å²) in [6.07, 6.45) is -1.35. The molecule has 2 saturated heterocycles. The highest BCUT2D eigenvalue weighted by Crippen LogP contribution is 2.45. The summed E-state index contributed by atoms with van der Waals surface area (Å²) in [5.74, 6) is -0.390. The van der Waals surface area contributed by atoms with Crippen LogP contribution in [-0.2, 0) is 23.5 Å². The number of anilines is 1. The number of nitrogens with one attached hydrogen (secondary N) is 1. The van der Waals surface area contributed by atoms with Crippen molar-refractivity contribution in [2.24, 2.45) is 0 Å². The standard InChI is InChI=1S/C24H28N5O7P/c1-14(15-7-5-4-6-8-15)26-21-16-9-10-29(22(16)28-18(11-25)27-21)23-20-19(35-24(2,3)36-20)17(34-23)12-33-13-37(30,31)32/h4-10,14,17,19-20,23H,12-13H2,1-3H3,(H,26,27,28)(H2,30,31,32)/t14-,17-,19-,20-,23-/m1/s1. The molecule has 2 aromatic heterocycles. The van der Waals surface area contributed by atoms with Crippen molar-refractivity contribution in [1.82, 2.24) is 14.5 Å². The van der Waals surface area contributed by atoms with E-state index >= 15 is 0 Å². The van der Waals surface area contributed by atoms with Gasteiger partial charge in [-0.1, -0.05) is 30.3 Å². The Morgan fingerprint density at radius 3 is 2.65 bits per heavy atom. The molecule has 2 aliphatic rings. The van der Waals surface area contributed by atoms with Crippen molar-refractivity contribution in [2.45, 2.75) is 57.1 Å². The van der Waals surface area contributed by atoms with Gasteiger partial charge in [-0.3, -0.25) is 4.57 Å². The fourth-order valence-electron chi connectivity index (χ4n) is 4.73. The molecule has 2 aliphatic heterocycles. The molecule has 4 heterocycles. The van der Waals surface area contributed by atoms with Crippen LogP contribution in [0.3, 0.4) is 0 Å². The SMILES string of the molecule is C[C@@H](Nc1nc(C#N)nc2c1ccn2[C@@H]1O[C@H](COCP(=O)(O)O)[C@H]2OC(C)(C)O[C@H]21)c1ccccc1. The number of hydrogen-bond donors (Lipinski definition) is 3. The van der Waals surface area contributed by atoms with Crippen molar-refractivity contribution in [3.8, 4) is 6.07 Å². The molecule has 0 aliphatic carbocycles. The minimum absolute atomic E-state index is 0.00444. The monoisotopic (exact) mass is 529 g/mol. The van der Waals surface area contributed by atoms with Gasteiger partial charge in [0.2, 0.25) is 5.82 Å². The number of benzene rings is 1. The second-order valence-electron chi connectivity index (χ2n) is 9.54. The quantitative estimate of drug-likeness (QED) is 0.368. The lowest BCUT2D eigenvalue weighted by Crippen LogP contribution is -2.33. The van der Waals surface area contributed by atoms with Crippen LogP contribution < -0.4 is 5.32 Å². The van der Waals surface area contributed by atoms with Crippen LogP contribution in [-0.4, -0.2) is 61.4 Å². The second kappa shape index (κ2) is 9.78. The summed E-state index contributed by atoms with van der Waals surface area (Å²) in [5.41, 5.74) is 1.54. The van der Waals surface area contributed by atoms with E-state index in [4.69, 9.17) is 28.7 Å². The van der Waals surface area contributed by atoms with E-state index in [1.807, 2.05) is 49.4 Å². The van der Waals surface area contributed by atoms with Gasteiger partial charge < -0.3 is 38.6 Å². The lowest BCUT2D eigenvalue weighted by Gasteiger charge is -2.25. The first-order valence-corrected chi connectivity index (χ1v) is 13.6. The zero-order chi connectivity index (χ0) is 26.4. The van der Waals surface area contributed by atoms with Gasteiger partial charge in [0.1, 0.15) is 42.2 Å². The normalized spacial score (nSPS) is 25.6. The van der Waals surface area contributed by atoms with Crippen molar-refractivity contribution in [2.75, 3.05) is 18.3 Å². The maximum absolute atomic E-state index is 11.2. The predicted molar refractivity (Wildman–Crippen MR) is 131 cm³/mol. The molecule has 0 radical (unpaired) electrons. The number of aromatic nitrogens is 3. The van der Waals surface area contributed by atoms with Crippen molar-refractivity contribution >= 4 is 24.4 Å². The third kappa shape index (κ3) is 5.39. The van der Waals surface area contributed by atoms with E-state index in [-0.39, 0.29) is 18.5 Å². The Bertz CT molecular complexity index is 1370. The molecule has 0 spiro atoms. The van der Waals surface area contributed by atoms with Gasteiger partial charge in [-0.2, -0.15) is 5.26 Å². The first kappa shape index (κ1) is 25.8. The third-order valence-corrected chi connectivity index (χ3v) is 6.78. The van der Waals surface area contributed by atoms with Gasteiger partial charge in [-0.05, 0) is 32.4 Å². The van der Waals surface area contributed by atoms with Crippen molar-refractivity contribution in [3.63, 3.8) is 0 Å². The number of nitriles is 1. The molecule has 5 rings (SSSR count). The van der Waals surface area contributed by atoms with Crippen LogP contribution in [0.15, 0.2) is 42.6 Å². The Kier molecular flexibility index (Phi) is 6.81. The van der Waals surface area contributed by atoms with Crippen LogP contribution in [0.25, 0.3) is 11.0 Å². The highest BCUT2D eigenvalue weighted by Gasteiger charge is 2.56. The fourth-order valence-corrected chi connectivity index (χ4v) is 5.08. The van der Waals surface area contributed by atoms with Gasteiger partial charge in [-0.15, -0.1) is 0 Å². The molecule has 0 amide bonds. The summed E-state index contributed by atoms with van der Waals surface area (Å²) in [7, 11) is -4.33. The topological polar surface area (TPSA) is 161 Å². The summed E-state index contributed by atoms with van der Waals surface area (Å²) in [6.45, 7) is 5.48. The number of ether oxygens (including phenoxy) is 4. The Labute approximate surface area is 213 Å². The molecular formula is C24H28N5O7P. The van der Waals surface area contributed by atoms with Crippen LogP contribution in [0, 0.1) is 11.3 Å². The summed E-state index contributed by atoms with van der Waals surface area (Å²) in [4.78, 5) is 27.1. The van der Waals surface area contributed by atoms with Crippen molar-refractivity contribution in [3.05, 3.63) is 54.0 Å². The van der Waals surface area contributed by atoms with E-state index in [1.165, 1.54) is 0 Å².